The van der Waals surface area contributed by atoms with E-state index in [0.29, 0.717) is 12.5 Å². The minimum absolute atomic E-state index is 0.0221. The van der Waals surface area contributed by atoms with Crippen LogP contribution in [-0.2, 0) is 9.53 Å². The number of carbonyl (C=O) groups is 1. The number of hydrogen-bond acceptors (Lipinski definition) is 3. The molecule has 1 atom stereocenters. The molecule has 1 amide bonds. The second-order valence-corrected chi connectivity index (χ2v) is 5.21. The van der Waals surface area contributed by atoms with Crippen molar-refractivity contribution in [2.45, 2.75) is 33.7 Å². The van der Waals surface area contributed by atoms with E-state index in [1.165, 1.54) is 0 Å². The number of amides is 1. The molecule has 0 spiro atoms. The Morgan fingerprint density at radius 1 is 1.50 bits per heavy atom. The van der Waals surface area contributed by atoms with Gasteiger partial charge in [-0.15, -0.1) is 0 Å². The van der Waals surface area contributed by atoms with Gasteiger partial charge in [-0.3, -0.25) is 4.79 Å². The largest absolute Gasteiger partial charge is 0.392 e. The Labute approximate surface area is 103 Å². The van der Waals surface area contributed by atoms with Crippen molar-refractivity contribution in [2.75, 3.05) is 13.7 Å². The first-order chi connectivity index (χ1) is 7.23. The Balaban J connectivity index is 4.58. The summed E-state index contributed by atoms with van der Waals surface area (Å²) in [6, 6.07) is -0.0221. The van der Waals surface area contributed by atoms with Crippen LogP contribution in [0.2, 0.25) is 0 Å². The summed E-state index contributed by atoms with van der Waals surface area (Å²) in [4.78, 5) is 12.2. The zero-order valence-electron chi connectivity index (χ0n) is 10.7. The van der Waals surface area contributed by atoms with E-state index in [1.807, 2.05) is 13.8 Å². The molecule has 94 valence electrons. The third kappa shape index (κ3) is 4.06. The van der Waals surface area contributed by atoms with Gasteiger partial charge in [0.15, 0.2) is 0 Å². The van der Waals surface area contributed by atoms with Gasteiger partial charge in [0.25, 0.3) is 0 Å². The molecule has 0 aromatic rings. The lowest BCUT2D eigenvalue weighted by atomic mass is 9.91. The first-order valence-electron chi connectivity index (χ1n) is 5.33. The Morgan fingerprint density at radius 3 is 2.31 bits per heavy atom. The molecule has 0 rings (SSSR count). The average Bonchev–Trinajstić information content (AvgIpc) is 2.16. The van der Waals surface area contributed by atoms with Gasteiger partial charge in [-0.05, 0) is 19.8 Å². The zero-order valence-corrected chi connectivity index (χ0v) is 11.5. The monoisotopic (exact) mass is 246 g/mol. The van der Waals surface area contributed by atoms with Crippen LogP contribution >= 0.6 is 12.2 Å². The van der Waals surface area contributed by atoms with Gasteiger partial charge in [0.2, 0.25) is 5.91 Å². The van der Waals surface area contributed by atoms with E-state index in [2.05, 4.69) is 5.32 Å². The van der Waals surface area contributed by atoms with Crippen LogP contribution in [0, 0.1) is 11.3 Å². The maximum Gasteiger partial charge on any atom is 0.232 e. The summed E-state index contributed by atoms with van der Waals surface area (Å²) in [7, 11) is 1.61. The van der Waals surface area contributed by atoms with Crippen molar-refractivity contribution in [3.8, 4) is 0 Å². The van der Waals surface area contributed by atoms with Gasteiger partial charge in [0, 0.05) is 7.11 Å². The van der Waals surface area contributed by atoms with Crippen LogP contribution in [0.25, 0.3) is 0 Å². The van der Waals surface area contributed by atoms with Crippen molar-refractivity contribution < 1.29 is 9.53 Å². The third-order valence-corrected chi connectivity index (χ3v) is 3.16. The molecule has 0 heterocycles. The lowest BCUT2D eigenvalue weighted by Gasteiger charge is -2.28. The molecular formula is C11H22N2O2S. The molecule has 0 aliphatic carbocycles. The zero-order chi connectivity index (χ0) is 12.9. The van der Waals surface area contributed by atoms with Crippen LogP contribution in [0.4, 0.5) is 0 Å². The second kappa shape index (κ2) is 6.15. The Morgan fingerprint density at radius 2 is 2.00 bits per heavy atom. The van der Waals surface area contributed by atoms with Gasteiger partial charge in [-0.1, -0.05) is 26.1 Å². The van der Waals surface area contributed by atoms with Crippen molar-refractivity contribution >= 4 is 23.1 Å². The molecule has 0 aliphatic rings. The van der Waals surface area contributed by atoms with E-state index in [9.17, 15) is 4.79 Å². The Hall–Kier alpha value is -0.680. The lowest BCUT2D eigenvalue weighted by Crippen LogP contribution is -2.51. The summed E-state index contributed by atoms with van der Waals surface area (Å²) in [6.07, 6.45) is 0. The number of nitrogens with two attached hydrogens (primary N) is 1. The highest BCUT2D eigenvalue weighted by Crippen LogP contribution is 2.16. The summed E-state index contributed by atoms with van der Waals surface area (Å²) in [5, 5.41) is 2.91. The van der Waals surface area contributed by atoms with E-state index in [4.69, 9.17) is 22.7 Å². The average molecular weight is 246 g/mol. The van der Waals surface area contributed by atoms with Gasteiger partial charge < -0.3 is 15.8 Å². The predicted molar refractivity (Wildman–Crippen MR) is 69.2 cm³/mol. The topological polar surface area (TPSA) is 64.3 Å². The number of rotatable bonds is 6. The van der Waals surface area contributed by atoms with Gasteiger partial charge in [0.1, 0.15) is 0 Å². The fraction of sp³-hybridized carbons (Fsp3) is 0.818. The highest BCUT2D eigenvalue weighted by atomic mass is 32.1. The standard InChI is InChI=1S/C11H22N2O2S/c1-7(2)8(6-15-5)13-10(14)11(3,4)9(12)16/h7-8H,6H2,1-5H3,(H2,12,16)(H,13,14). The van der Waals surface area contributed by atoms with E-state index < -0.39 is 5.41 Å². The van der Waals surface area contributed by atoms with Gasteiger partial charge in [-0.25, -0.2) is 0 Å². The highest BCUT2D eigenvalue weighted by Gasteiger charge is 2.32. The number of hydrogen-bond donors (Lipinski definition) is 2. The predicted octanol–water partition coefficient (Wildman–Crippen LogP) is 1.09. The van der Waals surface area contributed by atoms with E-state index in [0.717, 1.165) is 0 Å². The van der Waals surface area contributed by atoms with E-state index >= 15 is 0 Å². The third-order valence-electron chi connectivity index (χ3n) is 2.65. The number of carbonyl (C=O) groups excluding carboxylic acids is 1. The first-order valence-corrected chi connectivity index (χ1v) is 5.74. The summed E-state index contributed by atoms with van der Waals surface area (Å²) in [5.74, 6) is 0.141. The number of thiocarbonyl (C=S) groups is 1. The van der Waals surface area contributed by atoms with Crippen LogP contribution in [-0.4, -0.2) is 30.7 Å². The summed E-state index contributed by atoms with van der Waals surface area (Å²) < 4.78 is 5.06. The van der Waals surface area contributed by atoms with Crippen molar-refractivity contribution in [2.24, 2.45) is 17.1 Å². The molecule has 0 bridgehead atoms. The van der Waals surface area contributed by atoms with Crippen LogP contribution in [0.5, 0.6) is 0 Å². The minimum atomic E-state index is -0.823. The van der Waals surface area contributed by atoms with Gasteiger partial charge in [-0.2, -0.15) is 0 Å². The van der Waals surface area contributed by atoms with Crippen molar-refractivity contribution in [3.05, 3.63) is 0 Å². The van der Waals surface area contributed by atoms with Crippen LogP contribution < -0.4 is 11.1 Å². The molecule has 5 heteroatoms. The smallest absolute Gasteiger partial charge is 0.232 e. The molecule has 0 saturated carbocycles. The summed E-state index contributed by atoms with van der Waals surface area (Å²) in [6.45, 7) is 7.97. The van der Waals surface area contributed by atoms with Crippen LogP contribution in [0.1, 0.15) is 27.7 Å². The summed E-state index contributed by atoms with van der Waals surface area (Å²) >= 11 is 4.88. The molecule has 1 unspecified atom stereocenters. The number of methoxy groups -OCH3 is 1. The highest BCUT2D eigenvalue weighted by molar-refractivity contribution is 7.80. The van der Waals surface area contributed by atoms with Gasteiger partial charge >= 0.3 is 0 Å². The number of nitrogens with one attached hydrogen (secondary N) is 1. The summed E-state index contributed by atoms with van der Waals surface area (Å²) in [5.41, 5.74) is 4.71. The molecule has 3 N–H and O–H groups in total. The number of ether oxygens (including phenoxy) is 1. The molecule has 0 radical (unpaired) electrons. The lowest BCUT2D eigenvalue weighted by molar-refractivity contribution is -0.127. The molecular weight excluding hydrogens is 224 g/mol. The van der Waals surface area contributed by atoms with Crippen LogP contribution in [0.15, 0.2) is 0 Å². The maximum atomic E-state index is 12.0. The van der Waals surface area contributed by atoms with Crippen molar-refractivity contribution in [1.29, 1.82) is 0 Å². The van der Waals surface area contributed by atoms with E-state index in [1.54, 1.807) is 21.0 Å². The van der Waals surface area contributed by atoms with Gasteiger partial charge in [0.05, 0.1) is 23.1 Å². The fourth-order valence-electron chi connectivity index (χ4n) is 1.04. The molecule has 0 aromatic heterocycles. The quantitative estimate of drug-likeness (QED) is 0.689. The minimum Gasteiger partial charge on any atom is -0.392 e. The normalized spacial score (nSPS) is 13.6. The van der Waals surface area contributed by atoms with E-state index in [-0.39, 0.29) is 16.9 Å². The van der Waals surface area contributed by atoms with Crippen LogP contribution in [0.3, 0.4) is 0 Å². The molecule has 0 aliphatic heterocycles. The molecule has 0 saturated heterocycles. The SMILES string of the molecule is COCC(NC(=O)C(C)(C)C(N)=S)C(C)C. The molecule has 16 heavy (non-hydrogen) atoms. The second-order valence-electron chi connectivity index (χ2n) is 4.77. The molecule has 0 aromatic carbocycles. The molecule has 4 nitrogen and oxygen atoms in total. The Kier molecular flexibility index (Phi) is 5.89. The van der Waals surface area contributed by atoms with Crippen molar-refractivity contribution in [3.63, 3.8) is 0 Å². The molecule has 0 fully saturated rings. The Bertz CT molecular complexity index is 265. The maximum absolute atomic E-state index is 12.0. The first kappa shape index (κ1) is 15.3. The fourth-order valence-corrected chi connectivity index (χ4v) is 1.13. The van der Waals surface area contributed by atoms with Crippen molar-refractivity contribution in [1.82, 2.24) is 5.32 Å².